The van der Waals surface area contributed by atoms with Crippen molar-refractivity contribution in [3.8, 4) is 0 Å². The summed E-state index contributed by atoms with van der Waals surface area (Å²) in [7, 11) is 0. The van der Waals surface area contributed by atoms with E-state index in [-0.39, 0.29) is 5.91 Å². The molecule has 1 atom stereocenters. The van der Waals surface area contributed by atoms with Crippen molar-refractivity contribution in [3.63, 3.8) is 0 Å². The second-order valence-corrected chi connectivity index (χ2v) is 6.13. The summed E-state index contributed by atoms with van der Waals surface area (Å²) in [5.41, 5.74) is 1.74. The van der Waals surface area contributed by atoms with Crippen molar-refractivity contribution in [2.24, 2.45) is 0 Å². The summed E-state index contributed by atoms with van der Waals surface area (Å²) in [4.78, 5) is 11.9. The number of nitrogens with one attached hydrogen (secondary N) is 1. The number of benzene rings is 1. The molecule has 0 aliphatic rings. The van der Waals surface area contributed by atoms with Crippen LogP contribution in [0.25, 0.3) is 0 Å². The quantitative estimate of drug-likeness (QED) is 0.899. The highest BCUT2D eigenvalue weighted by molar-refractivity contribution is 9.10. The van der Waals surface area contributed by atoms with Crippen LogP contribution in [0.5, 0.6) is 0 Å². The Morgan fingerprint density at radius 2 is 2.24 bits per heavy atom. The van der Waals surface area contributed by atoms with Crippen LogP contribution in [0.3, 0.4) is 0 Å². The van der Waals surface area contributed by atoms with Gasteiger partial charge in [0, 0.05) is 21.8 Å². The molecule has 2 nitrogen and oxygen atoms in total. The van der Waals surface area contributed by atoms with Crippen LogP contribution in [0.15, 0.2) is 22.7 Å². The van der Waals surface area contributed by atoms with Crippen LogP contribution in [0.1, 0.15) is 29.3 Å². The lowest BCUT2D eigenvalue weighted by Gasteiger charge is -2.11. The van der Waals surface area contributed by atoms with Crippen LogP contribution in [0.2, 0.25) is 0 Å². The van der Waals surface area contributed by atoms with Crippen molar-refractivity contribution in [1.29, 1.82) is 0 Å². The zero-order chi connectivity index (χ0) is 12.8. The van der Waals surface area contributed by atoms with Gasteiger partial charge in [-0.2, -0.15) is 11.8 Å². The van der Waals surface area contributed by atoms with Gasteiger partial charge in [0.15, 0.2) is 0 Å². The highest BCUT2D eigenvalue weighted by Crippen LogP contribution is 2.19. The van der Waals surface area contributed by atoms with Crippen molar-refractivity contribution in [1.82, 2.24) is 5.32 Å². The second kappa shape index (κ2) is 7.07. The maximum atomic E-state index is 11.9. The standard InChI is InChI=1S/C13H18BrNOS/c1-9(17-3)7-8-15-13(16)11-5-4-6-12(14)10(11)2/h4-6,9H,7-8H2,1-3H3,(H,15,16). The Bertz CT molecular complexity index is 395. The molecule has 94 valence electrons. The van der Waals surface area contributed by atoms with Crippen LogP contribution in [-0.4, -0.2) is 24.0 Å². The SMILES string of the molecule is CSC(C)CCNC(=O)c1cccc(Br)c1C. The summed E-state index contributed by atoms with van der Waals surface area (Å²) in [6.07, 6.45) is 3.09. The van der Waals surface area contributed by atoms with Crippen LogP contribution in [0, 0.1) is 6.92 Å². The van der Waals surface area contributed by atoms with Gasteiger partial charge in [-0.1, -0.05) is 28.9 Å². The molecule has 0 aliphatic carbocycles. The molecule has 0 saturated carbocycles. The number of hydrogen-bond donors (Lipinski definition) is 1. The Balaban J connectivity index is 2.56. The minimum absolute atomic E-state index is 0.0112. The van der Waals surface area contributed by atoms with Gasteiger partial charge in [-0.15, -0.1) is 0 Å². The van der Waals surface area contributed by atoms with E-state index in [4.69, 9.17) is 0 Å². The highest BCUT2D eigenvalue weighted by Gasteiger charge is 2.10. The van der Waals surface area contributed by atoms with Gasteiger partial charge in [0.25, 0.3) is 5.91 Å². The number of amides is 1. The summed E-state index contributed by atoms with van der Waals surface area (Å²) >= 11 is 5.25. The zero-order valence-electron chi connectivity index (χ0n) is 10.4. The van der Waals surface area contributed by atoms with Gasteiger partial charge in [-0.25, -0.2) is 0 Å². The van der Waals surface area contributed by atoms with Gasteiger partial charge in [0.2, 0.25) is 0 Å². The van der Waals surface area contributed by atoms with Crippen molar-refractivity contribution < 1.29 is 4.79 Å². The molecule has 1 aromatic rings. The number of rotatable bonds is 5. The third-order valence-corrected chi connectivity index (χ3v) is 4.65. The van der Waals surface area contributed by atoms with E-state index in [1.807, 2.05) is 36.9 Å². The van der Waals surface area contributed by atoms with Crippen LogP contribution >= 0.6 is 27.7 Å². The molecule has 0 aromatic heterocycles. The maximum Gasteiger partial charge on any atom is 0.251 e. The van der Waals surface area contributed by atoms with Gasteiger partial charge in [0.1, 0.15) is 0 Å². The maximum absolute atomic E-state index is 11.9. The first-order valence-corrected chi connectivity index (χ1v) is 7.70. The molecule has 1 N–H and O–H groups in total. The van der Waals surface area contributed by atoms with E-state index in [1.165, 1.54) is 0 Å². The fourth-order valence-corrected chi connectivity index (χ4v) is 2.18. The van der Waals surface area contributed by atoms with E-state index in [9.17, 15) is 4.79 Å². The molecule has 1 unspecified atom stereocenters. The minimum Gasteiger partial charge on any atom is -0.352 e. The molecule has 0 radical (unpaired) electrons. The Morgan fingerprint density at radius 1 is 1.53 bits per heavy atom. The number of halogens is 1. The van der Waals surface area contributed by atoms with Crippen molar-refractivity contribution in [3.05, 3.63) is 33.8 Å². The molecule has 17 heavy (non-hydrogen) atoms. The largest absolute Gasteiger partial charge is 0.352 e. The lowest BCUT2D eigenvalue weighted by atomic mass is 10.1. The Hall–Kier alpha value is -0.480. The molecule has 0 bridgehead atoms. The molecule has 0 aliphatic heterocycles. The fourth-order valence-electron chi connectivity index (χ4n) is 1.46. The summed E-state index contributed by atoms with van der Waals surface area (Å²) in [6, 6.07) is 5.69. The third kappa shape index (κ3) is 4.36. The van der Waals surface area contributed by atoms with E-state index < -0.39 is 0 Å². The van der Waals surface area contributed by atoms with Crippen molar-refractivity contribution in [2.75, 3.05) is 12.8 Å². The average Bonchev–Trinajstić information content (AvgIpc) is 2.32. The molecule has 0 spiro atoms. The smallest absolute Gasteiger partial charge is 0.251 e. The van der Waals surface area contributed by atoms with Crippen molar-refractivity contribution >= 4 is 33.6 Å². The molecule has 0 fully saturated rings. The molecule has 0 heterocycles. The summed E-state index contributed by atoms with van der Waals surface area (Å²) in [5.74, 6) is 0.0112. The van der Waals surface area contributed by atoms with E-state index in [0.29, 0.717) is 5.25 Å². The number of carbonyl (C=O) groups is 1. The Morgan fingerprint density at radius 3 is 2.88 bits per heavy atom. The minimum atomic E-state index is 0.0112. The fraction of sp³-hybridized carbons (Fsp3) is 0.462. The molecular weight excluding hydrogens is 298 g/mol. The third-order valence-electron chi connectivity index (χ3n) is 2.75. The zero-order valence-corrected chi connectivity index (χ0v) is 12.8. The summed E-state index contributed by atoms with van der Waals surface area (Å²) in [6.45, 7) is 4.84. The number of hydrogen-bond acceptors (Lipinski definition) is 2. The van der Waals surface area contributed by atoms with Gasteiger partial charge in [0.05, 0.1) is 0 Å². The van der Waals surface area contributed by atoms with Gasteiger partial charge >= 0.3 is 0 Å². The lowest BCUT2D eigenvalue weighted by Crippen LogP contribution is -2.26. The molecular formula is C13H18BrNOS. The van der Waals surface area contributed by atoms with Gasteiger partial charge < -0.3 is 5.32 Å². The number of carbonyl (C=O) groups excluding carboxylic acids is 1. The predicted molar refractivity (Wildman–Crippen MR) is 78.8 cm³/mol. The van der Waals surface area contributed by atoms with Gasteiger partial charge in [-0.3, -0.25) is 4.79 Å². The molecule has 1 aromatic carbocycles. The Kier molecular flexibility index (Phi) is 6.06. The summed E-state index contributed by atoms with van der Waals surface area (Å²) < 4.78 is 0.975. The van der Waals surface area contributed by atoms with E-state index in [2.05, 4.69) is 34.4 Å². The van der Waals surface area contributed by atoms with Gasteiger partial charge in [-0.05, 0) is 37.3 Å². The summed E-state index contributed by atoms with van der Waals surface area (Å²) in [5, 5.41) is 3.54. The second-order valence-electron chi connectivity index (χ2n) is 4.00. The normalized spacial score (nSPS) is 12.2. The van der Waals surface area contributed by atoms with Crippen LogP contribution < -0.4 is 5.32 Å². The van der Waals surface area contributed by atoms with Crippen LogP contribution in [0.4, 0.5) is 0 Å². The molecule has 1 rings (SSSR count). The Labute approximate surface area is 116 Å². The topological polar surface area (TPSA) is 29.1 Å². The first kappa shape index (κ1) is 14.6. The van der Waals surface area contributed by atoms with E-state index in [1.54, 1.807) is 0 Å². The molecule has 4 heteroatoms. The molecule has 1 amide bonds. The molecule has 0 saturated heterocycles. The first-order chi connectivity index (χ1) is 8.06. The number of thioether (sulfide) groups is 1. The van der Waals surface area contributed by atoms with Crippen molar-refractivity contribution in [2.45, 2.75) is 25.5 Å². The van der Waals surface area contributed by atoms with E-state index in [0.717, 1.165) is 28.6 Å². The monoisotopic (exact) mass is 315 g/mol. The lowest BCUT2D eigenvalue weighted by molar-refractivity contribution is 0.0952. The average molecular weight is 316 g/mol. The highest BCUT2D eigenvalue weighted by atomic mass is 79.9. The van der Waals surface area contributed by atoms with E-state index >= 15 is 0 Å². The predicted octanol–water partition coefficient (Wildman–Crippen LogP) is 3.63. The van der Waals surface area contributed by atoms with Crippen LogP contribution in [-0.2, 0) is 0 Å². The first-order valence-electron chi connectivity index (χ1n) is 5.62.